The van der Waals surface area contributed by atoms with Crippen LogP contribution in [0.3, 0.4) is 0 Å². The molecule has 0 spiro atoms. The zero-order chi connectivity index (χ0) is 48.0. The summed E-state index contributed by atoms with van der Waals surface area (Å²) in [5, 5.41) is 6.99. The highest BCUT2D eigenvalue weighted by atomic mass is 32.2. The van der Waals surface area contributed by atoms with Gasteiger partial charge >= 0.3 is 29.4 Å². The second-order valence-electron chi connectivity index (χ2n) is 15.2. The zero-order valence-electron chi connectivity index (χ0n) is 34.8. The predicted octanol–water partition coefficient (Wildman–Crippen LogP) is 6.62. The third kappa shape index (κ3) is 10.1. The summed E-state index contributed by atoms with van der Waals surface area (Å²) < 4.78 is 96.8. The number of nitrogens with one attached hydrogen (secondary N) is 2. The molecule has 1 saturated heterocycles. The number of imidazole rings is 1. The predicted molar refractivity (Wildman–Crippen MR) is 242 cm³/mol. The minimum Gasteiger partial charge on any atom is -0.456 e. The van der Waals surface area contributed by atoms with Crippen LogP contribution in [0, 0.1) is 0 Å². The largest absolute Gasteiger partial charge is 0.490 e. The number of fused-ring (bicyclic) bond motifs is 1. The first-order valence-corrected chi connectivity index (χ1v) is 26.3. The SMILES string of the molecule is O=C(Nc1nc2c(ncn2C2CC(OC(=O)c3ccccc3)C(COP(=O)(O)OP(=O)(O)OP(=O)(O)OCCS(=O)(=O)c3ccc4ccc5cccc6ccc3c4c56)O2)c(=O)[nH]1)c1ccccc1. The lowest BCUT2D eigenvalue weighted by molar-refractivity contribution is -0.0490. The summed E-state index contributed by atoms with van der Waals surface area (Å²) in [5.41, 5.74) is -0.620. The average Bonchev–Trinajstić information content (AvgIpc) is 3.91. The highest BCUT2D eigenvalue weighted by molar-refractivity contribution is 7.91. The third-order valence-electron chi connectivity index (χ3n) is 10.7. The number of aromatic amines is 1. The molecule has 0 radical (unpaired) electrons. The first kappa shape index (κ1) is 47.1. The second-order valence-corrected chi connectivity index (χ2v) is 21.9. The van der Waals surface area contributed by atoms with E-state index in [2.05, 4.69) is 33.4 Å². The van der Waals surface area contributed by atoms with E-state index in [1.54, 1.807) is 54.6 Å². The number of benzene rings is 6. The molecular formula is C42H36N5O17P3S. The van der Waals surface area contributed by atoms with Gasteiger partial charge in [0, 0.05) is 17.4 Å². The number of ether oxygens (including phenoxy) is 2. The van der Waals surface area contributed by atoms with Crippen LogP contribution in [0.4, 0.5) is 5.95 Å². The fourth-order valence-corrected chi connectivity index (χ4v) is 12.7. The number of hydrogen-bond acceptors (Lipinski definition) is 16. The van der Waals surface area contributed by atoms with Gasteiger partial charge < -0.3 is 24.2 Å². The third-order valence-corrected chi connectivity index (χ3v) is 16.7. The molecule has 352 valence electrons. The molecule has 1 aliphatic rings. The van der Waals surface area contributed by atoms with Crippen molar-refractivity contribution >= 4 is 94.6 Å². The molecule has 6 aromatic carbocycles. The number of aromatic nitrogens is 4. The molecule has 1 fully saturated rings. The van der Waals surface area contributed by atoms with Gasteiger partial charge in [0.1, 0.15) is 18.4 Å². The normalized spacial score (nSPS) is 19.2. The van der Waals surface area contributed by atoms with E-state index in [0.29, 0.717) is 10.8 Å². The summed E-state index contributed by atoms with van der Waals surface area (Å²) in [6.07, 6.45) is -2.94. The minimum atomic E-state index is -6.03. The molecule has 3 heterocycles. The molecule has 6 unspecified atom stereocenters. The number of anilines is 1. The number of carbonyl (C=O) groups excluding carboxylic acids is 2. The number of H-pyrrole nitrogens is 1. The summed E-state index contributed by atoms with van der Waals surface area (Å²) >= 11 is 0. The van der Waals surface area contributed by atoms with Crippen molar-refractivity contribution in [3.63, 3.8) is 0 Å². The van der Waals surface area contributed by atoms with Crippen LogP contribution in [0.5, 0.6) is 0 Å². The number of hydrogen-bond donors (Lipinski definition) is 5. The Kier molecular flexibility index (Phi) is 12.8. The summed E-state index contributed by atoms with van der Waals surface area (Å²) in [7, 11) is -21.7. The molecule has 0 bridgehead atoms. The van der Waals surface area contributed by atoms with Gasteiger partial charge in [0.25, 0.3) is 11.5 Å². The summed E-state index contributed by atoms with van der Waals surface area (Å²) in [6, 6.07) is 31.6. The maximum absolute atomic E-state index is 13.5. The van der Waals surface area contributed by atoms with Gasteiger partial charge in [-0.25, -0.2) is 31.9 Å². The van der Waals surface area contributed by atoms with Crippen molar-refractivity contribution in [1.82, 2.24) is 19.5 Å². The van der Waals surface area contributed by atoms with Crippen molar-refractivity contribution in [1.29, 1.82) is 0 Å². The van der Waals surface area contributed by atoms with E-state index in [0.717, 1.165) is 21.5 Å². The van der Waals surface area contributed by atoms with Crippen molar-refractivity contribution in [2.75, 3.05) is 24.3 Å². The number of nitrogens with zero attached hydrogens (tertiary/aromatic N) is 3. The number of carbonyl (C=O) groups is 2. The Labute approximate surface area is 383 Å². The molecule has 22 nitrogen and oxygen atoms in total. The van der Waals surface area contributed by atoms with E-state index in [1.165, 1.54) is 41.2 Å². The number of rotatable bonds is 17. The van der Waals surface area contributed by atoms with Crippen LogP contribution in [0.2, 0.25) is 0 Å². The van der Waals surface area contributed by atoms with Crippen LogP contribution in [0.1, 0.15) is 33.4 Å². The van der Waals surface area contributed by atoms with E-state index in [9.17, 15) is 51.2 Å². The lowest BCUT2D eigenvalue weighted by atomic mass is 9.94. The van der Waals surface area contributed by atoms with Crippen LogP contribution in [-0.2, 0) is 50.7 Å². The molecule has 8 aromatic rings. The molecule has 6 atom stereocenters. The molecule has 26 heteroatoms. The van der Waals surface area contributed by atoms with Crippen molar-refractivity contribution < 1.29 is 73.5 Å². The Morgan fingerprint density at radius 1 is 0.779 bits per heavy atom. The molecule has 1 aliphatic heterocycles. The van der Waals surface area contributed by atoms with Crippen LogP contribution in [0.25, 0.3) is 43.5 Å². The maximum atomic E-state index is 13.5. The second kappa shape index (κ2) is 18.5. The smallest absolute Gasteiger partial charge is 0.456 e. The Bertz CT molecular complexity index is 3550. The maximum Gasteiger partial charge on any atom is 0.490 e. The van der Waals surface area contributed by atoms with Gasteiger partial charge in [0.2, 0.25) is 5.95 Å². The van der Waals surface area contributed by atoms with Crippen LogP contribution >= 0.6 is 23.5 Å². The van der Waals surface area contributed by atoms with Crippen molar-refractivity contribution in [2.24, 2.45) is 0 Å². The van der Waals surface area contributed by atoms with E-state index >= 15 is 0 Å². The molecule has 1 amide bonds. The van der Waals surface area contributed by atoms with Gasteiger partial charge in [-0.15, -0.1) is 0 Å². The van der Waals surface area contributed by atoms with Crippen LogP contribution in [0.15, 0.2) is 131 Å². The summed E-state index contributed by atoms with van der Waals surface area (Å²) in [4.78, 5) is 80.8. The van der Waals surface area contributed by atoms with E-state index in [4.69, 9.17) is 14.0 Å². The number of amides is 1. The summed E-state index contributed by atoms with van der Waals surface area (Å²) in [5.74, 6) is -2.58. The van der Waals surface area contributed by atoms with Gasteiger partial charge in [-0.05, 0) is 57.3 Å². The fourth-order valence-electron chi connectivity index (χ4n) is 7.73. The number of esters is 1. The van der Waals surface area contributed by atoms with Crippen LogP contribution < -0.4 is 10.9 Å². The lowest BCUT2D eigenvalue weighted by Gasteiger charge is -2.21. The topological polar surface area (TPSA) is 311 Å². The lowest BCUT2D eigenvalue weighted by Crippen LogP contribution is -2.31. The average molecular weight is 1010 g/mol. The van der Waals surface area contributed by atoms with Crippen LogP contribution in [-0.4, -0.2) is 85.7 Å². The van der Waals surface area contributed by atoms with Gasteiger partial charge in [0.15, 0.2) is 21.0 Å². The van der Waals surface area contributed by atoms with Crippen molar-refractivity contribution in [3.8, 4) is 0 Å². The Morgan fingerprint density at radius 3 is 2.09 bits per heavy atom. The highest BCUT2D eigenvalue weighted by Gasteiger charge is 2.45. The standard InChI is InChI=1S/C42H36N5O17P3S/c48-39(28-8-3-1-4-9-28)45-42-44-38-37(40(49)46-42)43-24-47(38)34-22-31(62-41(50)29-10-5-2-6-11-29)32(61-34)23-60-66(53,54)64-67(55,56)63-65(51,52)59-20-21-68(57,58)33-19-17-27-15-14-25-12-7-13-26-16-18-30(33)36(27)35(25)26/h1-19,24,31-32,34H,20-23H2,(H,51,52)(H,53,54)(H,55,56)(H2,44,45,46,48,49). The summed E-state index contributed by atoms with van der Waals surface area (Å²) in [6.45, 7) is -2.03. The van der Waals surface area contributed by atoms with Gasteiger partial charge in [-0.1, -0.05) is 84.9 Å². The van der Waals surface area contributed by atoms with Crippen molar-refractivity contribution in [2.45, 2.75) is 29.8 Å². The number of phosphoric ester groups is 2. The van der Waals surface area contributed by atoms with Gasteiger partial charge in [0.05, 0.1) is 35.8 Å². The van der Waals surface area contributed by atoms with Gasteiger partial charge in [-0.2, -0.15) is 13.6 Å². The molecular weight excluding hydrogens is 971 g/mol. The van der Waals surface area contributed by atoms with E-state index < -0.39 is 88.1 Å². The zero-order valence-corrected chi connectivity index (χ0v) is 38.3. The Morgan fingerprint density at radius 2 is 1.40 bits per heavy atom. The Balaban J connectivity index is 0.860. The Hall–Kier alpha value is -6.03. The molecule has 9 rings (SSSR count). The number of sulfone groups is 1. The molecule has 68 heavy (non-hydrogen) atoms. The van der Waals surface area contributed by atoms with E-state index in [1.807, 2.05) is 30.3 Å². The molecule has 5 N–H and O–H groups in total. The number of phosphoric acid groups is 3. The van der Waals surface area contributed by atoms with Gasteiger partial charge in [-0.3, -0.25) is 33.5 Å². The van der Waals surface area contributed by atoms with E-state index in [-0.39, 0.29) is 39.6 Å². The molecule has 0 aliphatic carbocycles. The molecule has 0 saturated carbocycles. The fraction of sp³-hybridized carbons (Fsp3) is 0.167. The first-order chi connectivity index (χ1) is 32.4. The first-order valence-electron chi connectivity index (χ1n) is 20.2. The monoisotopic (exact) mass is 1010 g/mol. The van der Waals surface area contributed by atoms with Crippen molar-refractivity contribution in [3.05, 3.63) is 143 Å². The quantitative estimate of drug-likeness (QED) is 0.0363. The molecule has 2 aromatic heterocycles. The minimum absolute atomic E-state index is 0.0907. The highest BCUT2D eigenvalue weighted by Crippen LogP contribution is 2.67.